The van der Waals surface area contributed by atoms with Gasteiger partial charge in [0.05, 0.1) is 12.3 Å². The molecule has 0 aromatic heterocycles. The van der Waals surface area contributed by atoms with Gasteiger partial charge in [-0.15, -0.1) is 5.16 Å². The number of oxime groups is 1. The van der Waals surface area contributed by atoms with Crippen molar-refractivity contribution in [3.63, 3.8) is 0 Å². The van der Waals surface area contributed by atoms with E-state index in [0.717, 1.165) is 24.2 Å². The monoisotopic (exact) mass is 653 g/mol. The number of rotatable bonds is 10. The molecule has 244 valence electrons. The smallest absolute Gasteiger partial charge is 0.278 e. The molecule has 4 rings (SSSR count). The van der Waals surface area contributed by atoms with Gasteiger partial charge in [0.1, 0.15) is 0 Å². The first-order valence-corrected chi connectivity index (χ1v) is 30.9. The highest BCUT2D eigenvalue weighted by molar-refractivity contribution is 6.70. The van der Waals surface area contributed by atoms with E-state index in [1.54, 1.807) is 0 Å². The molecule has 4 fully saturated rings. The van der Waals surface area contributed by atoms with E-state index >= 15 is 0 Å². The lowest BCUT2D eigenvalue weighted by atomic mass is 9.44. The van der Waals surface area contributed by atoms with Crippen molar-refractivity contribution in [1.82, 2.24) is 0 Å². The van der Waals surface area contributed by atoms with Crippen LogP contribution in [0.4, 0.5) is 0 Å². The number of hydrogen-bond donors (Lipinski definition) is 0. The molecule has 0 radical (unpaired) electrons. The van der Waals surface area contributed by atoms with Gasteiger partial charge in [0, 0.05) is 18.1 Å². The summed E-state index contributed by atoms with van der Waals surface area (Å²) in [6, 6.07) is 0. The van der Waals surface area contributed by atoms with Crippen LogP contribution in [0.5, 0.6) is 0 Å². The van der Waals surface area contributed by atoms with Gasteiger partial charge in [0.25, 0.3) is 8.32 Å². The Bertz CT molecular complexity index is 980. The molecular formula is C33H67NO4Si4. The van der Waals surface area contributed by atoms with Gasteiger partial charge in [0.15, 0.2) is 25.0 Å². The van der Waals surface area contributed by atoms with Crippen molar-refractivity contribution in [2.75, 3.05) is 6.61 Å². The second-order valence-electron chi connectivity index (χ2n) is 19.0. The zero-order valence-corrected chi connectivity index (χ0v) is 34.0. The molecule has 0 saturated heterocycles. The molecule has 0 spiro atoms. The average Bonchev–Trinajstić information content (AvgIpc) is 3.12. The molecule has 5 nitrogen and oxygen atoms in total. The van der Waals surface area contributed by atoms with Gasteiger partial charge in [-0.1, -0.05) is 13.8 Å². The average molecular weight is 654 g/mol. The first-order chi connectivity index (χ1) is 19.0. The van der Waals surface area contributed by atoms with Crippen molar-refractivity contribution < 1.29 is 17.8 Å². The molecule has 42 heavy (non-hydrogen) atoms. The predicted molar refractivity (Wildman–Crippen MR) is 188 cm³/mol. The second kappa shape index (κ2) is 12.1. The van der Waals surface area contributed by atoms with E-state index in [0.29, 0.717) is 36.1 Å². The number of fused-ring (bicyclic) bond motifs is 5. The lowest BCUT2D eigenvalue weighted by molar-refractivity contribution is -0.168. The minimum atomic E-state index is -1.80. The Balaban J connectivity index is 1.67. The van der Waals surface area contributed by atoms with E-state index in [-0.39, 0.29) is 5.41 Å². The summed E-state index contributed by atoms with van der Waals surface area (Å²) in [5, 5.41) is 4.97. The third-order valence-electron chi connectivity index (χ3n) is 11.0. The molecule has 5 unspecified atom stereocenters. The standard InChI is InChI=1S/C33H67NO4Si4/c1-32-20-19-25(36-40(6,7)8)21-24(32)15-16-26-27-17-18-28(29(23-35-39(3,4)5)34-38-42(12,13)14)33(27,2)22-30(31(26)32)37-41(9,10)11/h24-28,30-31H,15-23H2,1-14H3/b34-29+/t24?,25-,26?,27?,28+,30?,31?,32-,33-/m0/s1. The Kier molecular flexibility index (Phi) is 10.1. The van der Waals surface area contributed by atoms with Crippen LogP contribution < -0.4 is 0 Å². The minimum Gasteiger partial charge on any atom is -0.456 e. The Morgan fingerprint density at radius 2 is 1.36 bits per heavy atom. The summed E-state index contributed by atoms with van der Waals surface area (Å²) in [6.45, 7) is 33.7. The highest BCUT2D eigenvalue weighted by Crippen LogP contribution is 2.68. The van der Waals surface area contributed by atoms with Crippen molar-refractivity contribution in [3.8, 4) is 0 Å². The maximum atomic E-state index is 7.33. The summed E-state index contributed by atoms with van der Waals surface area (Å²) in [5.74, 6) is 3.30. The molecule has 0 amide bonds. The zero-order valence-electron chi connectivity index (χ0n) is 30.0. The molecule has 4 saturated carbocycles. The number of hydrogen-bond acceptors (Lipinski definition) is 5. The van der Waals surface area contributed by atoms with Crippen LogP contribution in [0.2, 0.25) is 78.6 Å². The normalized spacial score (nSPS) is 39.9. The summed E-state index contributed by atoms with van der Waals surface area (Å²) in [5.41, 5.74) is 1.71. The first-order valence-electron chi connectivity index (χ1n) is 17.3. The van der Waals surface area contributed by atoms with Crippen LogP contribution in [0.15, 0.2) is 5.16 Å². The minimum absolute atomic E-state index is 0.178. The Hall–Kier alpha value is 0.218. The lowest BCUT2D eigenvalue weighted by Crippen LogP contribution is -2.61. The maximum absolute atomic E-state index is 7.33. The van der Waals surface area contributed by atoms with Gasteiger partial charge in [0.2, 0.25) is 0 Å². The van der Waals surface area contributed by atoms with Gasteiger partial charge in [-0.3, -0.25) is 0 Å². The zero-order chi connectivity index (χ0) is 31.5. The highest BCUT2D eigenvalue weighted by atomic mass is 28.4. The third kappa shape index (κ3) is 8.13. The topological polar surface area (TPSA) is 49.3 Å². The SMILES string of the molecule is C[C@]12CC[C@H](O[Si](C)(C)C)CC1CCC1C2C(O[Si](C)(C)C)C[C@@]2(C)C1CC[C@@H]2/C(CO[Si](C)(C)C)=N/O[Si](C)(C)C. The molecule has 0 aliphatic heterocycles. The molecule has 0 aromatic rings. The fraction of sp³-hybridized carbons (Fsp3) is 0.970. The van der Waals surface area contributed by atoms with Crippen molar-refractivity contribution in [2.45, 2.75) is 156 Å². The van der Waals surface area contributed by atoms with Gasteiger partial charge < -0.3 is 17.8 Å². The summed E-state index contributed by atoms with van der Waals surface area (Å²) in [4.78, 5) is 0. The molecule has 0 heterocycles. The summed E-state index contributed by atoms with van der Waals surface area (Å²) in [7, 11) is -6.77. The molecule has 0 aromatic carbocycles. The molecule has 4 aliphatic rings. The van der Waals surface area contributed by atoms with Crippen molar-refractivity contribution in [1.29, 1.82) is 0 Å². The number of nitrogens with zero attached hydrogens (tertiary/aromatic N) is 1. The van der Waals surface area contributed by atoms with Crippen LogP contribution in [0.25, 0.3) is 0 Å². The van der Waals surface area contributed by atoms with Gasteiger partial charge >= 0.3 is 0 Å². The van der Waals surface area contributed by atoms with Crippen LogP contribution in [0.1, 0.15) is 65.2 Å². The first kappa shape index (κ1) is 35.1. The predicted octanol–water partition coefficient (Wildman–Crippen LogP) is 9.75. The maximum Gasteiger partial charge on any atom is 0.278 e. The van der Waals surface area contributed by atoms with Crippen LogP contribution in [0.3, 0.4) is 0 Å². The van der Waals surface area contributed by atoms with Crippen molar-refractivity contribution >= 4 is 39.0 Å². The lowest BCUT2D eigenvalue weighted by Gasteiger charge is -2.64. The van der Waals surface area contributed by atoms with E-state index in [1.165, 1.54) is 50.7 Å². The fourth-order valence-electron chi connectivity index (χ4n) is 9.70. The Morgan fingerprint density at radius 1 is 0.714 bits per heavy atom. The summed E-state index contributed by atoms with van der Waals surface area (Å²) >= 11 is 0. The Labute approximate surface area is 264 Å². The molecule has 9 atom stereocenters. The third-order valence-corrected chi connectivity index (χ3v) is 14.7. The van der Waals surface area contributed by atoms with E-state index in [1.807, 2.05) is 0 Å². The Morgan fingerprint density at radius 3 is 1.93 bits per heavy atom. The van der Waals surface area contributed by atoms with Gasteiger partial charge in [-0.25, -0.2) is 0 Å². The van der Waals surface area contributed by atoms with Crippen molar-refractivity contribution in [2.24, 2.45) is 45.6 Å². The van der Waals surface area contributed by atoms with E-state index in [2.05, 4.69) is 92.4 Å². The molecule has 4 aliphatic carbocycles. The van der Waals surface area contributed by atoms with Crippen LogP contribution in [0, 0.1) is 40.4 Å². The highest BCUT2D eigenvalue weighted by Gasteiger charge is 2.64. The summed E-state index contributed by atoms with van der Waals surface area (Å²) in [6.07, 6.45) is 11.0. The van der Waals surface area contributed by atoms with Crippen LogP contribution in [-0.2, 0) is 17.8 Å². The van der Waals surface area contributed by atoms with E-state index in [4.69, 9.17) is 23.0 Å². The second-order valence-corrected chi connectivity index (χ2v) is 36.8. The van der Waals surface area contributed by atoms with Crippen LogP contribution in [-0.4, -0.2) is 57.8 Å². The molecule has 9 heteroatoms. The van der Waals surface area contributed by atoms with E-state index < -0.39 is 33.3 Å². The fourth-order valence-corrected chi connectivity index (χ4v) is 13.0. The molecular weight excluding hydrogens is 587 g/mol. The van der Waals surface area contributed by atoms with Crippen LogP contribution >= 0.6 is 0 Å². The quantitative estimate of drug-likeness (QED) is 0.134. The van der Waals surface area contributed by atoms with E-state index in [9.17, 15) is 0 Å². The van der Waals surface area contributed by atoms with Crippen molar-refractivity contribution in [3.05, 3.63) is 0 Å². The summed E-state index contributed by atoms with van der Waals surface area (Å²) < 4.78 is 26.9. The van der Waals surface area contributed by atoms with Gasteiger partial charge in [-0.05, 0) is 164 Å². The molecule has 0 N–H and O–H groups in total. The molecule has 0 bridgehead atoms. The largest absolute Gasteiger partial charge is 0.456 e. The van der Waals surface area contributed by atoms with Gasteiger partial charge in [-0.2, -0.15) is 0 Å².